The van der Waals surface area contributed by atoms with Gasteiger partial charge in [0.1, 0.15) is 5.75 Å². The van der Waals surface area contributed by atoms with Gasteiger partial charge in [0.15, 0.2) is 0 Å². The van der Waals surface area contributed by atoms with Crippen molar-refractivity contribution in [1.82, 2.24) is 9.80 Å². The summed E-state index contributed by atoms with van der Waals surface area (Å²) in [5.74, 6) is 1.43. The van der Waals surface area contributed by atoms with Crippen LogP contribution < -0.4 is 4.74 Å². The van der Waals surface area contributed by atoms with E-state index in [1.54, 1.807) is 7.11 Å². The first-order valence-electron chi connectivity index (χ1n) is 7.87. The summed E-state index contributed by atoms with van der Waals surface area (Å²) >= 11 is 0. The highest BCUT2D eigenvalue weighted by Gasteiger charge is 2.35. The smallest absolute Gasteiger partial charge is 0.227 e. The van der Waals surface area contributed by atoms with Crippen molar-refractivity contribution in [2.45, 2.75) is 19.3 Å². The minimum Gasteiger partial charge on any atom is -0.497 e. The van der Waals surface area contributed by atoms with Crippen molar-refractivity contribution in [2.24, 2.45) is 5.92 Å². The largest absolute Gasteiger partial charge is 0.497 e. The molecule has 0 radical (unpaired) electrons. The molecule has 0 unspecified atom stereocenters. The number of rotatable bonds is 4. The lowest BCUT2D eigenvalue weighted by molar-refractivity contribution is -0.140. The van der Waals surface area contributed by atoms with E-state index in [1.807, 2.05) is 34.1 Å². The maximum absolute atomic E-state index is 12.4. The Kier molecular flexibility index (Phi) is 4.32. The topological polar surface area (TPSA) is 49.9 Å². The summed E-state index contributed by atoms with van der Waals surface area (Å²) in [4.78, 5) is 28.1. The molecular weight excluding hydrogens is 280 g/mol. The molecule has 1 aliphatic heterocycles. The molecule has 1 aromatic carbocycles. The van der Waals surface area contributed by atoms with Gasteiger partial charge in [0.2, 0.25) is 11.8 Å². The van der Waals surface area contributed by atoms with Crippen LogP contribution in [0.3, 0.4) is 0 Å². The Hall–Kier alpha value is -2.04. The summed E-state index contributed by atoms with van der Waals surface area (Å²) in [5.41, 5.74) is 0.959. The van der Waals surface area contributed by atoms with E-state index in [-0.39, 0.29) is 17.7 Å². The first-order chi connectivity index (χ1) is 10.7. The molecule has 1 heterocycles. The zero-order valence-electron chi connectivity index (χ0n) is 13.0. The van der Waals surface area contributed by atoms with Crippen molar-refractivity contribution in [3.8, 4) is 5.75 Å². The maximum Gasteiger partial charge on any atom is 0.227 e. The molecule has 0 N–H and O–H groups in total. The van der Waals surface area contributed by atoms with Crippen LogP contribution in [0.5, 0.6) is 5.75 Å². The maximum atomic E-state index is 12.4. The standard InChI is InChI=1S/C17H22N2O3/c1-22-15-4-2-3-13(11-15)12-16(20)18-7-9-19(10-8-18)17(21)14-5-6-14/h2-4,11,14H,5-10,12H2,1H3. The van der Waals surface area contributed by atoms with Crippen LogP contribution in [0, 0.1) is 5.92 Å². The molecule has 1 saturated heterocycles. The molecule has 0 bridgehead atoms. The second-order valence-corrected chi connectivity index (χ2v) is 6.01. The zero-order valence-corrected chi connectivity index (χ0v) is 13.0. The Bertz CT molecular complexity index is 561. The highest BCUT2D eigenvalue weighted by Crippen LogP contribution is 2.31. The van der Waals surface area contributed by atoms with Crippen LogP contribution in [0.15, 0.2) is 24.3 Å². The second-order valence-electron chi connectivity index (χ2n) is 6.01. The molecule has 2 amide bonds. The van der Waals surface area contributed by atoms with E-state index in [0.717, 1.165) is 24.2 Å². The van der Waals surface area contributed by atoms with Crippen molar-refractivity contribution in [3.63, 3.8) is 0 Å². The highest BCUT2D eigenvalue weighted by atomic mass is 16.5. The fraction of sp³-hybridized carbons (Fsp3) is 0.529. The van der Waals surface area contributed by atoms with Gasteiger partial charge in [-0.2, -0.15) is 0 Å². The summed E-state index contributed by atoms with van der Waals surface area (Å²) in [6.07, 6.45) is 2.45. The average Bonchev–Trinajstić information content (AvgIpc) is 3.39. The Morgan fingerprint density at radius 1 is 1.14 bits per heavy atom. The van der Waals surface area contributed by atoms with Crippen LogP contribution in [0.2, 0.25) is 0 Å². The summed E-state index contributed by atoms with van der Waals surface area (Å²) in [6.45, 7) is 2.61. The van der Waals surface area contributed by atoms with Crippen molar-refractivity contribution < 1.29 is 14.3 Å². The fourth-order valence-corrected chi connectivity index (χ4v) is 2.83. The highest BCUT2D eigenvalue weighted by molar-refractivity contribution is 5.82. The number of carbonyl (C=O) groups excluding carboxylic acids is 2. The number of amides is 2. The molecule has 0 aromatic heterocycles. The summed E-state index contributed by atoms with van der Waals surface area (Å²) in [7, 11) is 1.62. The molecule has 5 heteroatoms. The molecule has 0 atom stereocenters. The van der Waals surface area contributed by atoms with E-state index in [9.17, 15) is 9.59 Å². The van der Waals surface area contributed by atoms with Crippen LogP contribution in [-0.4, -0.2) is 54.9 Å². The third kappa shape index (κ3) is 3.40. The van der Waals surface area contributed by atoms with E-state index >= 15 is 0 Å². The lowest BCUT2D eigenvalue weighted by Gasteiger charge is -2.35. The summed E-state index contributed by atoms with van der Waals surface area (Å²) < 4.78 is 5.18. The molecule has 118 valence electrons. The van der Waals surface area contributed by atoms with Crippen molar-refractivity contribution in [1.29, 1.82) is 0 Å². The number of carbonyl (C=O) groups is 2. The summed E-state index contributed by atoms with van der Waals surface area (Å²) in [5, 5.41) is 0. The van der Waals surface area contributed by atoms with Gasteiger partial charge in [-0.15, -0.1) is 0 Å². The predicted octanol–water partition coefficient (Wildman–Crippen LogP) is 1.32. The number of nitrogens with zero attached hydrogens (tertiary/aromatic N) is 2. The van der Waals surface area contributed by atoms with Crippen LogP contribution in [0.25, 0.3) is 0 Å². The molecular formula is C17H22N2O3. The predicted molar refractivity (Wildman–Crippen MR) is 82.6 cm³/mol. The van der Waals surface area contributed by atoms with Gasteiger partial charge in [-0.25, -0.2) is 0 Å². The van der Waals surface area contributed by atoms with Gasteiger partial charge >= 0.3 is 0 Å². The number of hydrogen-bond acceptors (Lipinski definition) is 3. The number of piperazine rings is 1. The Morgan fingerprint density at radius 3 is 2.45 bits per heavy atom. The van der Waals surface area contributed by atoms with Gasteiger partial charge in [-0.05, 0) is 30.5 Å². The Balaban J connectivity index is 1.52. The minimum atomic E-state index is 0.117. The quantitative estimate of drug-likeness (QED) is 0.843. The summed E-state index contributed by atoms with van der Waals surface area (Å²) in [6, 6.07) is 7.60. The first-order valence-corrected chi connectivity index (χ1v) is 7.87. The van der Waals surface area contributed by atoms with E-state index in [0.29, 0.717) is 32.6 Å². The van der Waals surface area contributed by atoms with Gasteiger partial charge in [0, 0.05) is 32.1 Å². The molecule has 3 rings (SSSR count). The van der Waals surface area contributed by atoms with Gasteiger partial charge in [0.25, 0.3) is 0 Å². The molecule has 1 aliphatic carbocycles. The zero-order chi connectivity index (χ0) is 15.5. The minimum absolute atomic E-state index is 0.117. The molecule has 22 heavy (non-hydrogen) atoms. The molecule has 1 aromatic rings. The number of benzene rings is 1. The third-order valence-electron chi connectivity index (χ3n) is 4.36. The SMILES string of the molecule is COc1cccc(CC(=O)N2CCN(C(=O)C3CC3)CC2)c1. The number of methoxy groups -OCH3 is 1. The molecule has 2 aliphatic rings. The molecule has 1 saturated carbocycles. The lowest BCUT2D eigenvalue weighted by Crippen LogP contribution is -2.51. The van der Waals surface area contributed by atoms with E-state index < -0.39 is 0 Å². The average molecular weight is 302 g/mol. The van der Waals surface area contributed by atoms with Crippen LogP contribution in [0.4, 0.5) is 0 Å². The van der Waals surface area contributed by atoms with E-state index in [4.69, 9.17) is 4.74 Å². The van der Waals surface area contributed by atoms with Gasteiger partial charge in [-0.3, -0.25) is 9.59 Å². The normalized spacial score (nSPS) is 18.2. The van der Waals surface area contributed by atoms with Crippen molar-refractivity contribution in [3.05, 3.63) is 29.8 Å². The van der Waals surface area contributed by atoms with Crippen LogP contribution in [0.1, 0.15) is 18.4 Å². The molecule has 0 spiro atoms. The Labute approximate surface area is 130 Å². The van der Waals surface area contributed by atoms with Crippen LogP contribution >= 0.6 is 0 Å². The van der Waals surface area contributed by atoms with Crippen LogP contribution in [-0.2, 0) is 16.0 Å². The Morgan fingerprint density at radius 2 is 1.82 bits per heavy atom. The van der Waals surface area contributed by atoms with Gasteiger partial charge in [-0.1, -0.05) is 12.1 Å². The second kappa shape index (κ2) is 6.38. The lowest BCUT2D eigenvalue weighted by atomic mass is 10.1. The number of hydrogen-bond donors (Lipinski definition) is 0. The van der Waals surface area contributed by atoms with E-state index in [1.165, 1.54) is 0 Å². The van der Waals surface area contributed by atoms with Crippen molar-refractivity contribution >= 4 is 11.8 Å². The van der Waals surface area contributed by atoms with E-state index in [2.05, 4.69) is 0 Å². The fourth-order valence-electron chi connectivity index (χ4n) is 2.83. The monoisotopic (exact) mass is 302 g/mol. The van der Waals surface area contributed by atoms with Gasteiger partial charge in [0.05, 0.1) is 13.5 Å². The first kappa shape index (κ1) is 14.9. The number of ether oxygens (including phenoxy) is 1. The third-order valence-corrected chi connectivity index (χ3v) is 4.36. The van der Waals surface area contributed by atoms with Gasteiger partial charge < -0.3 is 14.5 Å². The van der Waals surface area contributed by atoms with Crippen molar-refractivity contribution in [2.75, 3.05) is 33.3 Å². The molecule has 5 nitrogen and oxygen atoms in total. The molecule has 2 fully saturated rings.